The number of allylic oxidation sites excluding steroid dienone is 2. The minimum atomic E-state index is -4.81. The molecular weight excluding hydrogens is 360 g/mol. The summed E-state index contributed by atoms with van der Waals surface area (Å²) >= 11 is 0. The molecule has 0 aliphatic heterocycles. The van der Waals surface area contributed by atoms with Crippen LogP contribution in [0.3, 0.4) is 0 Å². The van der Waals surface area contributed by atoms with E-state index < -0.39 is 42.7 Å². The Labute approximate surface area is 149 Å². The van der Waals surface area contributed by atoms with Crippen molar-refractivity contribution in [1.82, 2.24) is 0 Å². The number of halogens is 4. The van der Waals surface area contributed by atoms with Gasteiger partial charge in [0, 0.05) is 33.1 Å². The predicted molar refractivity (Wildman–Crippen MR) is 83.7 cm³/mol. The number of methoxy groups -OCH3 is 1. The molecule has 0 aromatic rings. The van der Waals surface area contributed by atoms with E-state index in [-0.39, 0.29) is 12.2 Å². The third-order valence-electron chi connectivity index (χ3n) is 3.60. The molecule has 2 unspecified atom stereocenters. The van der Waals surface area contributed by atoms with Crippen LogP contribution in [-0.2, 0) is 23.8 Å². The molecular formula is C17H22F4O5. The molecule has 2 atom stereocenters. The largest absolute Gasteiger partial charge is 0.450 e. The molecule has 0 amide bonds. The van der Waals surface area contributed by atoms with Gasteiger partial charge in [0.1, 0.15) is 5.76 Å². The second kappa shape index (κ2) is 9.70. The smallest absolute Gasteiger partial charge is 0.425 e. The Morgan fingerprint density at radius 2 is 1.96 bits per heavy atom. The number of hydrogen-bond acceptors (Lipinski definition) is 5. The minimum absolute atomic E-state index is 0.147. The summed E-state index contributed by atoms with van der Waals surface area (Å²) < 4.78 is 67.8. The lowest BCUT2D eigenvalue weighted by atomic mass is 9.96. The number of carbonyl (C=O) groups is 2. The van der Waals surface area contributed by atoms with Crippen molar-refractivity contribution in [3.05, 3.63) is 24.0 Å². The van der Waals surface area contributed by atoms with Gasteiger partial charge in [-0.25, -0.2) is 9.18 Å². The maximum atomic E-state index is 14.7. The molecule has 0 fully saturated rings. The zero-order valence-electron chi connectivity index (χ0n) is 14.6. The van der Waals surface area contributed by atoms with Crippen molar-refractivity contribution in [3.63, 3.8) is 0 Å². The fourth-order valence-corrected chi connectivity index (χ4v) is 2.32. The zero-order chi connectivity index (χ0) is 19.8. The molecule has 0 saturated heterocycles. The van der Waals surface area contributed by atoms with E-state index in [1.165, 1.54) is 19.3 Å². The average molecular weight is 382 g/mol. The Morgan fingerprint density at radius 3 is 2.54 bits per heavy atom. The van der Waals surface area contributed by atoms with E-state index in [0.29, 0.717) is 25.5 Å². The number of alkyl halides is 4. The highest BCUT2D eigenvalue weighted by Gasteiger charge is 2.47. The van der Waals surface area contributed by atoms with E-state index in [4.69, 9.17) is 4.74 Å². The van der Waals surface area contributed by atoms with Gasteiger partial charge in [-0.1, -0.05) is 12.5 Å². The van der Waals surface area contributed by atoms with Crippen molar-refractivity contribution < 1.29 is 41.4 Å². The first kappa shape index (κ1) is 22.1. The van der Waals surface area contributed by atoms with Gasteiger partial charge in [-0.05, 0) is 25.3 Å². The van der Waals surface area contributed by atoms with Crippen molar-refractivity contribution in [1.29, 1.82) is 0 Å². The molecule has 5 nitrogen and oxygen atoms in total. The Hall–Kier alpha value is -1.90. The molecule has 1 aliphatic carbocycles. The third-order valence-corrected chi connectivity index (χ3v) is 3.60. The normalized spacial score (nSPS) is 21.1. The first-order valence-corrected chi connectivity index (χ1v) is 8.12. The van der Waals surface area contributed by atoms with Gasteiger partial charge in [-0.3, -0.25) is 4.79 Å². The van der Waals surface area contributed by atoms with Crippen LogP contribution in [0.5, 0.6) is 0 Å². The number of unbranched alkanes of at least 4 members (excludes halogenated alkanes) is 2. The number of hydrogen-bond donors (Lipinski definition) is 0. The predicted octanol–water partition coefficient (Wildman–Crippen LogP) is 3.78. The summed E-state index contributed by atoms with van der Waals surface area (Å²) in [7, 11) is 1.48. The molecule has 0 spiro atoms. The van der Waals surface area contributed by atoms with Gasteiger partial charge in [0.05, 0.1) is 0 Å². The van der Waals surface area contributed by atoms with Crippen LogP contribution in [0.15, 0.2) is 24.0 Å². The van der Waals surface area contributed by atoms with Gasteiger partial charge in [0.25, 0.3) is 0 Å². The van der Waals surface area contributed by atoms with Gasteiger partial charge in [0.2, 0.25) is 5.67 Å². The first-order valence-electron chi connectivity index (χ1n) is 8.12. The zero-order valence-corrected chi connectivity index (χ0v) is 14.6. The van der Waals surface area contributed by atoms with E-state index >= 15 is 0 Å². The maximum Gasteiger partial charge on any atom is 0.425 e. The van der Waals surface area contributed by atoms with Gasteiger partial charge in [-0.2, -0.15) is 13.2 Å². The Balaban J connectivity index is 2.74. The SMILES string of the molecule is COCCCCCC(OC(=O)C1(F)C=C(OC(C)=O)C=CC1)C(F)(F)F. The monoisotopic (exact) mass is 382 g/mol. The molecule has 0 heterocycles. The van der Waals surface area contributed by atoms with E-state index in [0.717, 1.165) is 6.92 Å². The van der Waals surface area contributed by atoms with Crippen LogP contribution in [0.1, 0.15) is 39.0 Å². The van der Waals surface area contributed by atoms with Crippen molar-refractivity contribution >= 4 is 11.9 Å². The lowest BCUT2D eigenvalue weighted by molar-refractivity contribution is -0.227. The summed E-state index contributed by atoms with van der Waals surface area (Å²) in [5.41, 5.74) is -2.82. The van der Waals surface area contributed by atoms with Crippen molar-refractivity contribution in [3.8, 4) is 0 Å². The summed E-state index contributed by atoms with van der Waals surface area (Å²) in [5.74, 6) is -2.67. The first-order chi connectivity index (χ1) is 12.1. The third kappa shape index (κ3) is 7.15. The highest BCUT2D eigenvalue weighted by molar-refractivity contribution is 5.83. The summed E-state index contributed by atoms with van der Waals surface area (Å²) in [6.45, 7) is 1.49. The van der Waals surface area contributed by atoms with Crippen LogP contribution >= 0.6 is 0 Å². The summed E-state index contributed by atoms with van der Waals surface area (Å²) in [6, 6.07) is 0. The summed E-state index contributed by atoms with van der Waals surface area (Å²) in [5, 5.41) is 0. The molecule has 0 saturated carbocycles. The van der Waals surface area contributed by atoms with E-state index in [1.807, 2.05) is 0 Å². The minimum Gasteiger partial charge on any atom is -0.450 e. The quantitative estimate of drug-likeness (QED) is 0.345. The molecule has 26 heavy (non-hydrogen) atoms. The lowest BCUT2D eigenvalue weighted by Gasteiger charge is -2.26. The fraction of sp³-hybridized carbons (Fsp3) is 0.647. The molecule has 0 bridgehead atoms. The number of rotatable bonds is 9. The Bertz CT molecular complexity index is 556. The summed E-state index contributed by atoms with van der Waals surface area (Å²) in [6.07, 6.45) is -3.91. The average Bonchev–Trinajstić information content (AvgIpc) is 2.51. The second-order valence-corrected chi connectivity index (χ2v) is 5.89. The molecule has 1 aliphatic rings. The van der Waals surface area contributed by atoms with Gasteiger partial charge < -0.3 is 14.2 Å². The summed E-state index contributed by atoms with van der Waals surface area (Å²) in [4.78, 5) is 22.9. The highest BCUT2D eigenvalue weighted by atomic mass is 19.4. The standard InChI is InChI=1S/C17H22F4O5/c1-12(22)25-13-7-6-9-16(18,11-13)15(23)26-14(17(19,20)21)8-4-3-5-10-24-2/h6-7,11,14H,3-5,8-10H2,1-2H3. The number of esters is 2. The van der Waals surface area contributed by atoms with Crippen LogP contribution in [0.4, 0.5) is 17.6 Å². The van der Waals surface area contributed by atoms with Crippen LogP contribution in [-0.4, -0.2) is 43.6 Å². The molecule has 1 rings (SSSR count). The number of carbonyl (C=O) groups excluding carboxylic acids is 2. The van der Waals surface area contributed by atoms with Crippen LogP contribution in [0.25, 0.3) is 0 Å². The van der Waals surface area contributed by atoms with Crippen LogP contribution in [0.2, 0.25) is 0 Å². The van der Waals surface area contributed by atoms with Crippen LogP contribution in [0, 0.1) is 0 Å². The lowest BCUT2D eigenvalue weighted by Crippen LogP contribution is -2.42. The number of ether oxygens (including phenoxy) is 3. The molecule has 9 heteroatoms. The molecule has 0 N–H and O–H groups in total. The Kier molecular flexibility index (Phi) is 8.26. The maximum absolute atomic E-state index is 14.7. The van der Waals surface area contributed by atoms with E-state index in [1.54, 1.807) is 0 Å². The topological polar surface area (TPSA) is 61.8 Å². The van der Waals surface area contributed by atoms with Crippen molar-refractivity contribution in [2.24, 2.45) is 0 Å². The fourth-order valence-electron chi connectivity index (χ4n) is 2.32. The van der Waals surface area contributed by atoms with Gasteiger partial charge in [-0.15, -0.1) is 0 Å². The molecule has 0 aromatic carbocycles. The van der Waals surface area contributed by atoms with Crippen molar-refractivity contribution in [2.75, 3.05) is 13.7 Å². The van der Waals surface area contributed by atoms with Crippen molar-refractivity contribution in [2.45, 2.75) is 57.0 Å². The Morgan fingerprint density at radius 1 is 1.27 bits per heavy atom. The van der Waals surface area contributed by atoms with E-state index in [9.17, 15) is 27.2 Å². The van der Waals surface area contributed by atoms with E-state index in [2.05, 4.69) is 9.47 Å². The second-order valence-electron chi connectivity index (χ2n) is 5.89. The van der Waals surface area contributed by atoms with Crippen LogP contribution < -0.4 is 0 Å². The van der Waals surface area contributed by atoms with Gasteiger partial charge >= 0.3 is 18.1 Å². The molecule has 0 aromatic heterocycles. The molecule has 0 radical (unpaired) electrons. The highest BCUT2D eigenvalue weighted by Crippen LogP contribution is 2.32. The molecule has 148 valence electrons. The van der Waals surface area contributed by atoms with Gasteiger partial charge in [0.15, 0.2) is 6.10 Å².